The van der Waals surface area contributed by atoms with E-state index in [0.29, 0.717) is 13.2 Å². The summed E-state index contributed by atoms with van der Waals surface area (Å²) in [5.41, 5.74) is 0.255. The van der Waals surface area contributed by atoms with Crippen molar-refractivity contribution in [3.8, 4) is 5.75 Å². The summed E-state index contributed by atoms with van der Waals surface area (Å²) in [5, 5.41) is 13.6. The van der Waals surface area contributed by atoms with Crippen LogP contribution in [0.25, 0.3) is 0 Å². The summed E-state index contributed by atoms with van der Waals surface area (Å²) in [4.78, 5) is 26.4. The lowest BCUT2D eigenvalue weighted by Gasteiger charge is -2.26. The van der Waals surface area contributed by atoms with Gasteiger partial charge < -0.3 is 24.9 Å². The Bertz CT molecular complexity index is 1040. The summed E-state index contributed by atoms with van der Waals surface area (Å²) >= 11 is 0. The highest BCUT2D eigenvalue weighted by Crippen LogP contribution is 2.25. The van der Waals surface area contributed by atoms with Crippen LogP contribution in [-0.4, -0.2) is 60.9 Å². The first-order chi connectivity index (χ1) is 14.3. The Labute approximate surface area is 172 Å². The van der Waals surface area contributed by atoms with E-state index in [1.54, 1.807) is 0 Å². The molecule has 1 N–H and O–H groups in total. The second-order valence-corrected chi connectivity index (χ2v) is 8.31. The molecule has 1 atom stereocenters. The summed E-state index contributed by atoms with van der Waals surface area (Å²) in [6, 6.07) is 8.63. The monoisotopic (exact) mass is 436 g/mol. The summed E-state index contributed by atoms with van der Waals surface area (Å²) in [6.07, 6.45) is 0.156. The van der Waals surface area contributed by atoms with Gasteiger partial charge in [0.1, 0.15) is 6.20 Å². The van der Waals surface area contributed by atoms with E-state index in [2.05, 4.69) is 10.3 Å². The Morgan fingerprint density at radius 1 is 1.30 bits per heavy atom. The van der Waals surface area contributed by atoms with Gasteiger partial charge >= 0.3 is 5.82 Å². The molecule has 11 nitrogen and oxygen atoms in total. The van der Waals surface area contributed by atoms with E-state index in [1.807, 2.05) is 0 Å². The molecule has 0 spiro atoms. The van der Waals surface area contributed by atoms with Crippen LogP contribution in [0.2, 0.25) is 0 Å². The van der Waals surface area contributed by atoms with Crippen LogP contribution < -0.4 is 10.1 Å². The van der Waals surface area contributed by atoms with Gasteiger partial charge in [0, 0.05) is 18.8 Å². The number of aromatic nitrogens is 1. The molecule has 1 unspecified atom stereocenters. The third-order valence-electron chi connectivity index (χ3n) is 4.31. The van der Waals surface area contributed by atoms with E-state index < -0.39 is 32.8 Å². The smallest absolute Gasteiger partial charge is 0.406 e. The van der Waals surface area contributed by atoms with Crippen LogP contribution in [0.15, 0.2) is 47.5 Å². The lowest BCUT2D eigenvalue weighted by Crippen LogP contribution is -2.40. The van der Waals surface area contributed by atoms with Crippen LogP contribution in [0.5, 0.6) is 5.75 Å². The summed E-state index contributed by atoms with van der Waals surface area (Å²) in [7, 11) is -3.72. The van der Waals surface area contributed by atoms with Gasteiger partial charge in [-0.3, -0.25) is 4.79 Å². The van der Waals surface area contributed by atoms with Gasteiger partial charge in [-0.05, 0) is 47.2 Å². The molecule has 0 saturated carbocycles. The molecule has 30 heavy (non-hydrogen) atoms. The van der Waals surface area contributed by atoms with Gasteiger partial charge in [0.15, 0.2) is 6.10 Å². The maximum Gasteiger partial charge on any atom is 0.406 e. The standard InChI is InChI=1S/C18H20N4O7S/c1-13(29-16-6-3-7-19-17(16)22(24)25)18(23)20-14-4-2-5-15(12-14)30(26,27)21-8-10-28-11-9-21/h2-7,12-13H,8-11H2,1H3,(H,20,23). The third kappa shape index (κ3) is 4.90. The van der Waals surface area contributed by atoms with Crippen molar-refractivity contribution in [3.05, 3.63) is 52.7 Å². The first-order valence-electron chi connectivity index (χ1n) is 9.04. The van der Waals surface area contributed by atoms with E-state index in [0.717, 1.165) is 0 Å². The van der Waals surface area contributed by atoms with Crippen molar-refractivity contribution in [1.82, 2.24) is 9.29 Å². The van der Waals surface area contributed by atoms with Crippen LogP contribution in [-0.2, 0) is 19.6 Å². The highest BCUT2D eigenvalue weighted by atomic mass is 32.2. The summed E-state index contributed by atoms with van der Waals surface area (Å²) in [6.45, 7) is 2.58. The zero-order valence-corrected chi connectivity index (χ0v) is 16.9. The summed E-state index contributed by atoms with van der Waals surface area (Å²) in [5.74, 6) is -1.25. The molecule has 0 aliphatic carbocycles. The van der Waals surface area contributed by atoms with Gasteiger partial charge in [0.2, 0.25) is 15.8 Å². The third-order valence-corrected chi connectivity index (χ3v) is 6.20. The first-order valence-corrected chi connectivity index (χ1v) is 10.5. The van der Waals surface area contributed by atoms with Gasteiger partial charge in [0.25, 0.3) is 5.91 Å². The average molecular weight is 436 g/mol. The average Bonchev–Trinajstić information content (AvgIpc) is 2.74. The van der Waals surface area contributed by atoms with Gasteiger partial charge in [0.05, 0.1) is 18.1 Å². The fourth-order valence-corrected chi connectivity index (χ4v) is 4.22. The van der Waals surface area contributed by atoms with Gasteiger partial charge in [-0.2, -0.15) is 4.31 Å². The SMILES string of the molecule is CC(Oc1cccnc1[N+](=O)[O-])C(=O)Nc1cccc(S(=O)(=O)N2CCOCC2)c1. The Balaban J connectivity index is 1.71. The van der Waals surface area contributed by atoms with Crippen molar-refractivity contribution in [2.24, 2.45) is 0 Å². The number of nitro groups is 1. The number of sulfonamides is 1. The molecule has 1 aliphatic rings. The van der Waals surface area contributed by atoms with Crippen molar-refractivity contribution in [3.63, 3.8) is 0 Å². The Hall–Kier alpha value is -3.09. The maximum absolute atomic E-state index is 12.8. The van der Waals surface area contributed by atoms with Crippen molar-refractivity contribution in [2.75, 3.05) is 31.6 Å². The zero-order chi connectivity index (χ0) is 21.7. The quantitative estimate of drug-likeness (QED) is 0.507. The molecule has 1 aromatic heterocycles. The molecule has 12 heteroatoms. The number of carbonyl (C=O) groups is 1. The number of hydrogen-bond donors (Lipinski definition) is 1. The molecular weight excluding hydrogens is 416 g/mol. The molecule has 3 rings (SSSR count). The molecular formula is C18H20N4O7S. The highest BCUT2D eigenvalue weighted by molar-refractivity contribution is 7.89. The number of pyridine rings is 1. The lowest BCUT2D eigenvalue weighted by molar-refractivity contribution is -0.390. The normalized spacial score (nSPS) is 15.9. The molecule has 160 valence electrons. The molecule has 2 aromatic rings. The second-order valence-electron chi connectivity index (χ2n) is 6.38. The number of carbonyl (C=O) groups excluding carboxylic acids is 1. The Morgan fingerprint density at radius 2 is 2.03 bits per heavy atom. The number of amides is 1. The fraction of sp³-hybridized carbons (Fsp3) is 0.333. The lowest BCUT2D eigenvalue weighted by atomic mass is 10.3. The minimum atomic E-state index is -3.72. The predicted octanol–water partition coefficient (Wildman–Crippen LogP) is 1.42. The molecule has 1 fully saturated rings. The number of morpholine rings is 1. The predicted molar refractivity (Wildman–Crippen MR) is 106 cm³/mol. The van der Waals surface area contributed by atoms with E-state index in [4.69, 9.17) is 9.47 Å². The van der Waals surface area contributed by atoms with Crippen LogP contribution in [0.3, 0.4) is 0 Å². The van der Waals surface area contributed by atoms with Crippen LogP contribution in [0.1, 0.15) is 6.92 Å². The minimum Gasteiger partial charge on any atom is -0.473 e. The number of nitrogens with one attached hydrogen (secondary N) is 1. The number of rotatable bonds is 7. The molecule has 0 bridgehead atoms. The van der Waals surface area contributed by atoms with Gasteiger partial charge in [-0.15, -0.1) is 0 Å². The van der Waals surface area contributed by atoms with Crippen LogP contribution >= 0.6 is 0 Å². The summed E-state index contributed by atoms with van der Waals surface area (Å²) < 4.78 is 37.4. The molecule has 1 amide bonds. The van der Waals surface area contributed by atoms with Crippen molar-refractivity contribution >= 4 is 27.4 Å². The van der Waals surface area contributed by atoms with E-state index in [1.165, 1.54) is 53.8 Å². The van der Waals surface area contributed by atoms with Crippen LogP contribution in [0, 0.1) is 10.1 Å². The van der Waals surface area contributed by atoms with Crippen molar-refractivity contribution in [2.45, 2.75) is 17.9 Å². The molecule has 0 radical (unpaired) electrons. The Kier molecular flexibility index (Phi) is 6.59. The number of nitrogens with zero attached hydrogens (tertiary/aromatic N) is 3. The highest BCUT2D eigenvalue weighted by Gasteiger charge is 2.27. The minimum absolute atomic E-state index is 0.0404. The maximum atomic E-state index is 12.8. The van der Waals surface area contributed by atoms with Gasteiger partial charge in [-0.1, -0.05) is 6.07 Å². The topological polar surface area (TPSA) is 141 Å². The molecule has 2 heterocycles. The zero-order valence-electron chi connectivity index (χ0n) is 16.1. The number of ether oxygens (including phenoxy) is 2. The van der Waals surface area contributed by atoms with E-state index in [-0.39, 0.29) is 29.4 Å². The molecule has 1 saturated heterocycles. The van der Waals surface area contributed by atoms with Crippen molar-refractivity contribution in [1.29, 1.82) is 0 Å². The second kappa shape index (κ2) is 9.15. The molecule has 1 aliphatic heterocycles. The van der Waals surface area contributed by atoms with E-state index >= 15 is 0 Å². The van der Waals surface area contributed by atoms with Gasteiger partial charge in [-0.25, -0.2) is 8.42 Å². The fourth-order valence-electron chi connectivity index (χ4n) is 2.77. The van der Waals surface area contributed by atoms with Crippen LogP contribution in [0.4, 0.5) is 11.5 Å². The number of anilines is 1. The molecule has 1 aromatic carbocycles. The Morgan fingerprint density at radius 3 is 2.73 bits per heavy atom. The number of benzene rings is 1. The van der Waals surface area contributed by atoms with Crippen molar-refractivity contribution < 1.29 is 27.6 Å². The largest absolute Gasteiger partial charge is 0.473 e. The van der Waals surface area contributed by atoms with E-state index in [9.17, 15) is 23.3 Å². The number of hydrogen-bond acceptors (Lipinski definition) is 8. The first kappa shape index (κ1) is 21.6.